The van der Waals surface area contributed by atoms with Gasteiger partial charge in [-0.15, -0.1) is 11.3 Å². The standard InChI is InChI=1S/C24H21N5OS/c1-15-12-16(2)29(27-15)24(25)26-23(30)17-9-10-20-19-7-3-4-8-21(19)28(22(20)13-17)14-18-6-5-11-31-18/h3-13H,14H2,1-2H3,(H2,25,26,30). The lowest BCUT2D eigenvalue weighted by molar-refractivity contribution is 0.0975. The Kier molecular flexibility index (Phi) is 4.67. The zero-order chi connectivity index (χ0) is 21.5. The maximum Gasteiger partial charge on any atom is 0.258 e. The Bertz CT molecular complexity index is 1440. The van der Waals surface area contributed by atoms with Gasteiger partial charge in [0.05, 0.1) is 17.8 Å². The van der Waals surface area contributed by atoms with Gasteiger partial charge in [-0.25, -0.2) is 4.68 Å². The topological polar surface area (TPSA) is 75.7 Å². The quantitative estimate of drug-likeness (QED) is 0.316. The van der Waals surface area contributed by atoms with Crippen LogP contribution in [0.5, 0.6) is 0 Å². The fourth-order valence-electron chi connectivity index (χ4n) is 4.01. The molecule has 2 aromatic carbocycles. The third-order valence-electron chi connectivity index (χ3n) is 5.38. The second-order valence-corrected chi connectivity index (χ2v) is 8.59. The van der Waals surface area contributed by atoms with Crippen LogP contribution in [0.1, 0.15) is 26.6 Å². The molecule has 5 rings (SSSR count). The molecule has 6 nitrogen and oxygen atoms in total. The molecule has 0 fully saturated rings. The van der Waals surface area contributed by atoms with Gasteiger partial charge in [0.15, 0.2) is 0 Å². The number of carbonyl (C=O) groups excluding carboxylic acids is 1. The molecule has 0 unspecified atom stereocenters. The van der Waals surface area contributed by atoms with Gasteiger partial charge in [-0.05, 0) is 49.6 Å². The number of hydrogen-bond acceptors (Lipinski definition) is 4. The summed E-state index contributed by atoms with van der Waals surface area (Å²) in [6.45, 7) is 4.46. The second kappa shape index (κ2) is 7.52. The predicted molar refractivity (Wildman–Crippen MR) is 125 cm³/mol. The molecule has 0 spiro atoms. The second-order valence-electron chi connectivity index (χ2n) is 7.56. The molecule has 0 aliphatic heterocycles. The van der Waals surface area contributed by atoms with E-state index in [2.05, 4.69) is 44.6 Å². The van der Waals surface area contributed by atoms with Crippen molar-refractivity contribution in [2.24, 2.45) is 0 Å². The summed E-state index contributed by atoms with van der Waals surface area (Å²) in [6.07, 6.45) is 0. The molecule has 31 heavy (non-hydrogen) atoms. The van der Waals surface area contributed by atoms with Crippen LogP contribution in [-0.4, -0.2) is 26.2 Å². The predicted octanol–water partition coefficient (Wildman–Crippen LogP) is 4.93. The number of para-hydroxylation sites is 1. The molecule has 2 N–H and O–H groups in total. The van der Waals surface area contributed by atoms with Crippen molar-refractivity contribution in [2.45, 2.75) is 20.4 Å². The van der Waals surface area contributed by atoms with Gasteiger partial charge in [-0.1, -0.05) is 30.3 Å². The molecular formula is C24H21N5OS. The monoisotopic (exact) mass is 427 g/mol. The number of rotatable bonds is 3. The number of amides is 1. The van der Waals surface area contributed by atoms with E-state index in [1.807, 2.05) is 50.2 Å². The Morgan fingerprint density at radius 1 is 1.03 bits per heavy atom. The van der Waals surface area contributed by atoms with Gasteiger partial charge < -0.3 is 4.57 Å². The summed E-state index contributed by atoms with van der Waals surface area (Å²) < 4.78 is 3.68. The zero-order valence-electron chi connectivity index (χ0n) is 17.2. The summed E-state index contributed by atoms with van der Waals surface area (Å²) >= 11 is 1.72. The van der Waals surface area contributed by atoms with Crippen molar-refractivity contribution >= 4 is 45.0 Å². The number of aromatic nitrogens is 3. The van der Waals surface area contributed by atoms with Crippen LogP contribution in [0.4, 0.5) is 0 Å². The minimum Gasteiger partial charge on any atom is -0.335 e. The van der Waals surface area contributed by atoms with E-state index < -0.39 is 0 Å². The Balaban J connectivity index is 1.54. The Morgan fingerprint density at radius 2 is 1.84 bits per heavy atom. The Morgan fingerprint density at radius 3 is 2.58 bits per heavy atom. The summed E-state index contributed by atoms with van der Waals surface area (Å²) in [7, 11) is 0. The first-order chi connectivity index (χ1) is 15.0. The minimum atomic E-state index is -0.326. The number of hydrogen-bond donors (Lipinski definition) is 2. The van der Waals surface area contributed by atoms with E-state index in [1.165, 1.54) is 9.56 Å². The fourth-order valence-corrected chi connectivity index (χ4v) is 4.70. The maximum absolute atomic E-state index is 12.9. The van der Waals surface area contributed by atoms with E-state index in [1.54, 1.807) is 11.3 Å². The van der Waals surface area contributed by atoms with Gasteiger partial charge in [0.25, 0.3) is 5.91 Å². The molecule has 0 atom stereocenters. The highest BCUT2D eigenvalue weighted by Gasteiger charge is 2.16. The van der Waals surface area contributed by atoms with Crippen molar-refractivity contribution in [1.29, 1.82) is 5.41 Å². The summed E-state index contributed by atoms with van der Waals surface area (Å²) in [4.78, 5) is 14.2. The lowest BCUT2D eigenvalue weighted by atomic mass is 10.1. The van der Waals surface area contributed by atoms with Gasteiger partial charge in [0.1, 0.15) is 0 Å². The number of nitrogens with zero attached hydrogens (tertiary/aromatic N) is 3. The van der Waals surface area contributed by atoms with Crippen molar-refractivity contribution in [3.05, 3.63) is 87.9 Å². The van der Waals surface area contributed by atoms with Crippen molar-refractivity contribution in [3.63, 3.8) is 0 Å². The van der Waals surface area contributed by atoms with Crippen LogP contribution in [0.25, 0.3) is 21.8 Å². The lowest BCUT2D eigenvalue weighted by Gasteiger charge is -2.10. The first-order valence-electron chi connectivity index (χ1n) is 9.98. The molecule has 0 aliphatic carbocycles. The number of carbonyl (C=O) groups is 1. The van der Waals surface area contributed by atoms with Crippen LogP contribution in [-0.2, 0) is 6.54 Å². The molecule has 3 aromatic heterocycles. The zero-order valence-corrected chi connectivity index (χ0v) is 18.0. The summed E-state index contributed by atoms with van der Waals surface area (Å²) in [5.41, 5.74) is 4.25. The van der Waals surface area contributed by atoms with E-state index in [9.17, 15) is 4.79 Å². The van der Waals surface area contributed by atoms with E-state index in [0.717, 1.165) is 39.7 Å². The minimum absolute atomic E-state index is 0.0603. The fraction of sp³-hybridized carbons (Fsp3) is 0.125. The van der Waals surface area contributed by atoms with Crippen molar-refractivity contribution in [2.75, 3.05) is 0 Å². The molecule has 3 heterocycles. The Hall–Kier alpha value is -3.71. The largest absolute Gasteiger partial charge is 0.335 e. The van der Waals surface area contributed by atoms with Crippen LogP contribution in [0.3, 0.4) is 0 Å². The average molecular weight is 428 g/mol. The molecule has 0 bridgehead atoms. The van der Waals surface area contributed by atoms with E-state index >= 15 is 0 Å². The number of aryl methyl sites for hydroxylation is 2. The third kappa shape index (κ3) is 3.43. The number of thiophene rings is 1. The van der Waals surface area contributed by atoms with Crippen LogP contribution in [0, 0.1) is 19.3 Å². The molecular weight excluding hydrogens is 406 g/mol. The first kappa shape index (κ1) is 19.3. The normalized spacial score (nSPS) is 11.3. The molecule has 0 saturated carbocycles. The van der Waals surface area contributed by atoms with Gasteiger partial charge in [0, 0.05) is 32.4 Å². The van der Waals surface area contributed by atoms with Crippen molar-refractivity contribution in [3.8, 4) is 0 Å². The van der Waals surface area contributed by atoms with E-state index in [4.69, 9.17) is 5.41 Å². The van der Waals surface area contributed by atoms with Crippen LogP contribution >= 0.6 is 11.3 Å². The molecule has 154 valence electrons. The van der Waals surface area contributed by atoms with Gasteiger partial charge in [-0.3, -0.25) is 15.5 Å². The van der Waals surface area contributed by atoms with E-state index in [0.29, 0.717) is 5.56 Å². The van der Waals surface area contributed by atoms with Crippen LogP contribution in [0.2, 0.25) is 0 Å². The molecule has 0 saturated heterocycles. The van der Waals surface area contributed by atoms with Crippen LogP contribution < -0.4 is 5.32 Å². The molecule has 7 heteroatoms. The molecule has 1 amide bonds. The highest BCUT2D eigenvalue weighted by molar-refractivity contribution is 7.09. The van der Waals surface area contributed by atoms with Crippen molar-refractivity contribution < 1.29 is 4.79 Å². The first-order valence-corrected chi connectivity index (χ1v) is 10.9. The molecule has 0 radical (unpaired) electrons. The molecule has 5 aromatic rings. The number of nitrogens with one attached hydrogen (secondary N) is 2. The maximum atomic E-state index is 12.9. The third-order valence-corrected chi connectivity index (χ3v) is 6.24. The van der Waals surface area contributed by atoms with Gasteiger partial charge >= 0.3 is 0 Å². The summed E-state index contributed by atoms with van der Waals surface area (Å²) in [5.74, 6) is -0.387. The van der Waals surface area contributed by atoms with E-state index in [-0.39, 0.29) is 11.9 Å². The van der Waals surface area contributed by atoms with Gasteiger partial charge in [0.2, 0.25) is 5.96 Å². The van der Waals surface area contributed by atoms with Gasteiger partial charge in [-0.2, -0.15) is 5.10 Å². The van der Waals surface area contributed by atoms with Crippen LogP contribution in [0.15, 0.2) is 66.0 Å². The lowest BCUT2D eigenvalue weighted by Crippen LogP contribution is -2.36. The highest BCUT2D eigenvalue weighted by Crippen LogP contribution is 2.31. The number of benzene rings is 2. The summed E-state index contributed by atoms with van der Waals surface area (Å²) in [6, 6.07) is 20.1. The average Bonchev–Trinajstić information content (AvgIpc) is 3.47. The SMILES string of the molecule is Cc1cc(C)n(C(=N)NC(=O)c2ccc3c4ccccc4n(Cc4cccs4)c3c2)n1. The molecule has 0 aliphatic rings. The number of fused-ring (bicyclic) bond motifs is 3. The Labute approximate surface area is 183 Å². The smallest absolute Gasteiger partial charge is 0.258 e. The van der Waals surface area contributed by atoms with Crippen molar-refractivity contribution in [1.82, 2.24) is 19.7 Å². The summed E-state index contributed by atoms with van der Waals surface area (Å²) in [5, 5.41) is 19.5. The highest BCUT2D eigenvalue weighted by atomic mass is 32.1.